The van der Waals surface area contributed by atoms with Crippen LogP contribution in [0.3, 0.4) is 0 Å². The van der Waals surface area contributed by atoms with E-state index in [2.05, 4.69) is 27.4 Å². The second kappa shape index (κ2) is 1.22. The van der Waals surface area contributed by atoms with Gasteiger partial charge in [0.15, 0.2) is 0 Å². The minimum absolute atomic E-state index is 0.315. The van der Waals surface area contributed by atoms with E-state index in [1.807, 2.05) is 0 Å². The van der Waals surface area contributed by atoms with Gasteiger partial charge in [-0.25, -0.2) is 4.99 Å². The van der Waals surface area contributed by atoms with Gasteiger partial charge in [-0.3, -0.25) is 0 Å². The SMILES string of the molecule is S=C1N=CN=N1. The third-order valence-electron chi connectivity index (χ3n) is 0.363. The molecule has 0 fully saturated rings. The molecular weight excluding hydrogens is 98.1 g/mol. The summed E-state index contributed by atoms with van der Waals surface area (Å²) in [4.78, 5) is 3.51. The fraction of sp³-hybridized carbons (Fsp3) is 0. The minimum Gasteiger partial charge on any atom is -0.203 e. The molecule has 0 aromatic carbocycles. The molecule has 0 aromatic heterocycles. The summed E-state index contributed by atoms with van der Waals surface area (Å²) in [5.74, 6) is 0. The number of azo groups is 1. The van der Waals surface area contributed by atoms with Crippen LogP contribution >= 0.6 is 12.2 Å². The summed E-state index contributed by atoms with van der Waals surface area (Å²) in [5.41, 5.74) is 0. The number of thiocarbonyl (C=S) groups is 1. The lowest BCUT2D eigenvalue weighted by Crippen LogP contribution is -1.69. The topological polar surface area (TPSA) is 37.1 Å². The van der Waals surface area contributed by atoms with Crippen molar-refractivity contribution in [3.63, 3.8) is 0 Å². The molecular formula is C2HN3S. The van der Waals surface area contributed by atoms with E-state index in [-0.39, 0.29) is 0 Å². The van der Waals surface area contributed by atoms with Gasteiger partial charge in [0, 0.05) is 0 Å². The first-order valence-electron chi connectivity index (χ1n) is 1.37. The first kappa shape index (κ1) is 3.55. The molecule has 0 N–H and O–H groups in total. The Kier molecular flexibility index (Phi) is 0.719. The van der Waals surface area contributed by atoms with Crippen LogP contribution in [0.4, 0.5) is 0 Å². The molecule has 30 valence electrons. The lowest BCUT2D eigenvalue weighted by Gasteiger charge is -1.63. The first-order chi connectivity index (χ1) is 2.89. The fourth-order valence-corrected chi connectivity index (χ4v) is 0.271. The van der Waals surface area contributed by atoms with E-state index >= 15 is 0 Å². The molecule has 0 amide bonds. The summed E-state index contributed by atoms with van der Waals surface area (Å²) in [5, 5.41) is 7.04. The Morgan fingerprint density at radius 2 is 2.50 bits per heavy atom. The van der Waals surface area contributed by atoms with Crippen LogP contribution in [0.5, 0.6) is 0 Å². The van der Waals surface area contributed by atoms with Crippen molar-refractivity contribution < 1.29 is 0 Å². The van der Waals surface area contributed by atoms with Crippen molar-refractivity contribution in [3.05, 3.63) is 0 Å². The van der Waals surface area contributed by atoms with Crippen molar-refractivity contribution in [2.75, 3.05) is 0 Å². The van der Waals surface area contributed by atoms with Gasteiger partial charge in [0.05, 0.1) is 0 Å². The van der Waals surface area contributed by atoms with Crippen LogP contribution < -0.4 is 0 Å². The molecule has 1 aliphatic rings. The molecule has 0 spiro atoms. The number of hydrogen-bond acceptors (Lipinski definition) is 2. The summed E-state index contributed by atoms with van der Waals surface area (Å²) >= 11 is 4.46. The predicted molar refractivity (Wildman–Crippen MR) is 25.9 cm³/mol. The quantitative estimate of drug-likeness (QED) is 0.413. The van der Waals surface area contributed by atoms with Crippen molar-refractivity contribution in [2.45, 2.75) is 0 Å². The molecule has 0 unspecified atom stereocenters. The highest BCUT2D eigenvalue weighted by atomic mass is 32.1. The lowest BCUT2D eigenvalue weighted by molar-refractivity contribution is 1.43. The molecule has 1 heterocycles. The highest BCUT2D eigenvalue weighted by Gasteiger charge is 1.88. The van der Waals surface area contributed by atoms with Crippen molar-refractivity contribution in [1.82, 2.24) is 0 Å². The largest absolute Gasteiger partial charge is 0.241 e. The smallest absolute Gasteiger partial charge is 0.203 e. The van der Waals surface area contributed by atoms with Crippen molar-refractivity contribution in [1.29, 1.82) is 0 Å². The number of aliphatic imine (C=N–C) groups is 1. The van der Waals surface area contributed by atoms with Crippen LogP contribution in [0, 0.1) is 0 Å². The van der Waals surface area contributed by atoms with Crippen molar-refractivity contribution in [3.8, 4) is 0 Å². The van der Waals surface area contributed by atoms with Crippen LogP contribution in [0.1, 0.15) is 0 Å². The summed E-state index contributed by atoms with van der Waals surface area (Å²) in [6.45, 7) is 0. The van der Waals surface area contributed by atoms with Gasteiger partial charge < -0.3 is 0 Å². The molecule has 0 saturated heterocycles. The Bertz CT molecular complexity index is 111. The summed E-state index contributed by atoms with van der Waals surface area (Å²) in [6, 6.07) is 0. The zero-order chi connectivity index (χ0) is 4.41. The summed E-state index contributed by atoms with van der Waals surface area (Å²) in [6.07, 6.45) is 1.32. The van der Waals surface area contributed by atoms with E-state index < -0.39 is 0 Å². The van der Waals surface area contributed by atoms with E-state index in [0.717, 1.165) is 0 Å². The maximum atomic E-state index is 4.46. The highest BCUT2D eigenvalue weighted by molar-refractivity contribution is 7.80. The second-order valence-corrected chi connectivity index (χ2v) is 1.11. The van der Waals surface area contributed by atoms with Gasteiger partial charge in [-0.05, 0) is 12.2 Å². The summed E-state index contributed by atoms with van der Waals surface area (Å²) in [7, 11) is 0. The molecule has 3 nitrogen and oxygen atoms in total. The van der Waals surface area contributed by atoms with Gasteiger partial charge >= 0.3 is 0 Å². The molecule has 0 bridgehead atoms. The van der Waals surface area contributed by atoms with E-state index in [0.29, 0.717) is 5.11 Å². The third kappa shape index (κ3) is 0.463. The van der Waals surface area contributed by atoms with Gasteiger partial charge in [0.25, 0.3) is 0 Å². The average molecular weight is 99.1 g/mol. The molecule has 0 radical (unpaired) electrons. The average Bonchev–Trinajstić information content (AvgIpc) is 1.86. The predicted octanol–water partition coefficient (Wildman–Crippen LogP) is 0.765. The van der Waals surface area contributed by atoms with Crippen LogP contribution in [-0.4, -0.2) is 11.5 Å². The molecule has 4 heteroatoms. The monoisotopic (exact) mass is 99.0 g/mol. The number of rotatable bonds is 0. The minimum atomic E-state index is 0.315. The van der Waals surface area contributed by atoms with Gasteiger partial charge in [-0.1, -0.05) is 0 Å². The molecule has 0 atom stereocenters. The van der Waals surface area contributed by atoms with Gasteiger partial charge in [-0.2, -0.15) is 0 Å². The number of nitrogens with zero attached hydrogens (tertiary/aromatic N) is 3. The summed E-state index contributed by atoms with van der Waals surface area (Å²) < 4.78 is 0. The molecule has 0 saturated carbocycles. The van der Waals surface area contributed by atoms with Crippen LogP contribution in [0.15, 0.2) is 15.2 Å². The van der Waals surface area contributed by atoms with Crippen LogP contribution in [0.2, 0.25) is 0 Å². The van der Waals surface area contributed by atoms with Crippen molar-refractivity contribution in [2.24, 2.45) is 15.2 Å². The van der Waals surface area contributed by atoms with Gasteiger partial charge in [0.1, 0.15) is 6.34 Å². The Balaban J connectivity index is 2.86. The van der Waals surface area contributed by atoms with E-state index in [9.17, 15) is 0 Å². The molecule has 6 heavy (non-hydrogen) atoms. The first-order valence-corrected chi connectivity index (χ1v) is 1.78. The zero-order valence-electron chi connectivity index (χ0n) is 2.83. The third-order valence-corrected chi connectivity index (χ3v) is 0.550. The maximum Gasteiger partial charge on any atom is 0.241 e. The highest BCUT2D eigenvalue weighted by Crippen LogP contribution is 1.88. The lowest BCUT2D eigenvalue weighted by atomic mass is 11.2. The zero-order valence-corrected chi connectivity index (χ0v) is 3.64. The van der Waals surface area contributed by atoms with Crippen LogP contribution in [0.25, 0.3) is 0 Å². The molecule has 0 aliphatic carbocycles. The molecule has 1 aliphatic heterocycles. The van der Waals surface area contributed by atoms with Crippen molar-refractivity contribution >= 4 is 23.7 Å². The van der Waals surface area contributed by atoms with E-state index in [1.165, 1.54) is 6.34 Å². The van der Waals surface area contributed by atoms with Gasteiger partial charge in [0.2, 0.25) is 5.11 Å². The number of hydrogen-bond donors (Lipinski definition) is 0. The Hall–Kier alpha value is -0.640. The van der Waals surface area contributed by atoms with E-state index in [1.54, 1.807) is 0 Å². The second-order valence-electron chi connectivity index (χ2n) is 0.743. The molecule has 0 aromatic rings. The van der Waals surface area contributed by atoms with Crippen LogP contribution in [-0.2, 0) is 0 Å². The Morgan fingerprint density at radius 3 is 2.67 bits per heavy atom. The van der Waals surface area contributed by atoms with E-state index in [4.69, 9.17) is 0 Å². The molecule has 1 rings (SSSR count). The Labute approximate surface area is 39.8 Å². The van der Waals surface area contributed by atoms with Gasteiger partial charge in [-0.15, -0.1) is 10.2 Å². The Morgan fingerprint density at radius 1 is 1.67 bits per heavy atom. The maximum absolute atomic E-state index is 4.46. The normalized spacial score (nSPS) is 17.0. The fourth-order valence-electron chi connectivity index (χ4n) is 0.176. The standard InChI is InChI=1S/C2HN3S/c6-2-3-1-4-5-2/h1H.